The maximum Gasteiger partial charge on any atom is 0.269 e. The Balaban J connectivity index is 1.90. The molecule has 0 amide bonds. The number of oxazole rings is 1. The number of rotatable bonds is 3. The Bertz CT molecular complexity index is 774. The van der Waals surface area contributed by atoms with Gasteiger partial charge in [0.05, 0.1) is 11.1 Å². The van der Waals surface area contributed by atoms with Gasteiger partial charge in [0.1, 0.15) is 0 Å². The lowest BCUT2D eigenvalue weighted by Crippen LogP contribution is -1.87. The third-order valence-electron chi connectivity index (χ3n) is 3.17. The van der Waals surface area contributed by atoms with Gasteiger partial charge < -0.3 is 4.42 Å². The van der Waals surface area contributed by atoms with Gasteiger partial charge in [-0.1, -0.05) is 29.8 Å². The zero-order valence-electron chi connectivity index (χ0n) is 11.3. The fourth-order valence-electron chi connectivity index (χ4n) is 1.98. The Kier molecular flexibility index (Phi) is 3.23. The molecule has 2 aromatic carbocycles. The number of aromatic nitrogens is 1. The van der Waals surface area contributed by atoms with Crippen molar-refractivity contribution in [3.8, 4) is 22.8 Å². The van der Waals surface area contributed by atoms with E-state index in [1.807, 2.05) is 31.2 Å². The van der Waals surface area contributed by atoms with Crippen molar-refractivity contribution in [2.45, 2.75) is 6.92 Å². The van der Waals surface area contributed by atoms with Crippen LogP contribution in [-0.2, 0) is 0 Å². The van der Waals surface area contributed by atoms with Gasteiger partial charge in [-0.25, -0.2) is 4.98 Å². The molecule has 0 spiro atoms. The Morgan fingerprint density at radius 3 is 2.24 bits per heavy atom. The second kappa shape index (κ2) is 5.20. The molecule has 0 aliphatic rings. The Labute approximate surface area is 121 Å². The predicted molar refractivity (Wildman–Crippen MR) is 78.8 cm³/mol. The first-order valence-electron chi connectivity index (χ1n) is 6.41. The highest BCUT2D eigenvalue weighted by molar-refractivity contribution is 5.62. The smallest absolute Gasteiger partial charge is 0.269 e. The van der Waals surface area contributed by atoms with Crippen molar-refractivity contribution in [3.05, 3.63) is 70.4 Å². The largest absolute Gasteiger partial charge is 0.436 e. The van der Waals surface area contributed by atoms with Gasteiger partial charge in [0.25, 0.3) is 5.69 Å². The van der Waals surface area contributed by atoms with Gasteiger partial charge >= 0.3 is 0 Å². The standard InChI is InChI=1S/C16H12N2O3/c1-11-2-4-12(5-3-11)15-10-17-16(21-15)13-6-8-14(9-7-13)18(19)20/h2-10H,1H3. The summed E-state index contributed by atoms with van der Waals surface area (Å²) in [6.07, 6.45) is 1.65. The van der Waals surface area contributed by atoms with Gasteiger partial charge in [-0.15, -0.1) is 0 Å². The Morgan fingerprint density at radius 2 is 1.62 bits per heavy atom. The Morgan fingerprint density at radius 1 is 1.00 bits per heavy atom. The highest BCUT2D eigenvalue weighted by Crippen LogP contribution is 2.27. The number of nitrogens with zero attached hydrogens (tertiary/aromatic N) is 2. The Hall–Kier alpha value is -2.95. The summed E-state index contributed by atoms with van der Waals surface area (Å²) in [7, 11) is 0. The highest BCUT2D eigenvalue weighted by Gasteiger charge is 2.10. The summed E-state index contributed by atoms with van der Waals surface area (Å²) in [6.45, 7) is 2.02. The van der Waals surface area contributed by atoms with Crippen molar-refractivity contribution in [2.24, 2.45) is 0 Å². The summed E-state index contributed by atoms with van der Waals surface area (Å²) in [5.74, 6) is 1.11. The van der Waals surface area contributed by atoms with E-state index in [0.717, 1.165) is 5.56 Å². The van der Waals surface area contributed by atoms with Crippen LogP contribution in [0.2, 0.25) is 0 Å². The fraction of sp³-hybridized carbons (Fsp3) is 0.0625. The van der Waals surface area contributed by atoms with E-state index in [4.69, 9.17) is 4.42 Å². The van der Waals surface area contributed by atoms with Crippen LogP contribution in [0.1, 0.15) is 5.56 Å². The molecular weight excluding hydrogens is 268 g/mol. The molecule has 0 radical (unpaired) electrons. The zero-order valence-corrected chi connectivity index (χ0v) is 11.3. The molecule has 1 heterocycles. The number of benzene rings is 2. The maximum absolute atomic E-state index is 10.6. The minimum Gasteiger partial charge on any atom is -0.436 e. The first-order valence-corrected chi connectivity index (χ1v) is 6.41. The van der Waals surface area contributed by atoms with Crippen LogP contribution in [0.5, 0.6) is 0 Å². The molecule has 0 bridgehead atoms. The van der Waals surface area contributed by atoms with Gasteiger partial charge in [-0.05, 0) is 19.1 Å². The average molecular weight is 280 g/mol. The topological polar surface area (TPSA) is 69.2 Å². The number of non-ortho nitro benzene ring substituents is 1. The minimum absolute atomic E-state index is 0.0454. The molecule has 21 heavy (non-hydrogen) atoms. The van der Waals surface area contributed by atoms with Crippen molar-refractivity contribution in [2.75, 3.05) is 0 Å². The molecule has 104 valence electrons. The second-order valence-electron chi connectivity index (χ2n) is 4.70. The lowest BCUT2D eigenvalue weighted by molar-refractivity contribution is -0.384. The third-order valence-corrected chi connectivity index (χ3v) is 3.17. The molecule has 0 aliphatic heterocycles. The summed E-state index contributed by atoms with van der Waals surface area (Å²) in [4.78, 5) is 14.4. The van der Waals surface area contributed by atoms with Gasteiger partial charge in [-0.2, -0.15) is 0 Å². The normalized spacial score (nSPS) is 10.5. The average Bonchev–Trinajstić information content (AvgIpc) is 2.98. The quantitative estimate of drug-likeness (QED) is 0.532. The van der Waals surface area contributed by atoms with E-state index < -0.39 is 4.92 Å². The second-order valence-corrected chi connectivity index (χ2v) is 4.70. The van der Waals surface area contributed by atoms with Crippen molar-refractivity contribution >= 4 is 5.69 Å². The first kappa shape index (κ1) is 13.1. The molecule has 0 N–H and O–H groups in total. The monoisotopic (exact) mass is 280 g/mol. The van der Waals surface area contributed by atoms with Gasteiger partial charge in [-0.3, -0.25) is 10.1 Å². The highest BCUT2D eigenvalue weighted by atomic mass is 16.6. The van der Waals surface area contributed by atoms with Crippen LogP contribution in [-0.4, -0.2) is 9.91 Å². The molecule has 0 unspecified atom stereocenters. The van der Waals surface area contributed by atoms with Crippen LogP contribution >= 0.6 is 0 Å². The number of hydrogen-bond donors (Lipinski definition) is 0. The summed E-state index contributed by atoms with van der Waals surface area (Å²) >= 11 is 0. The fourth-order valence-corrected chi connectivity index (χ4v) is 1.98. The lowest BCUT2D eigenvalue weighted by Gasteiger charge is -1.98. The maximum atomic E-state index is 10.6. The van der Waals surface area contributed by atoms with E-state index in [1.165, 1.54) is 17.7 Å². The van der Waals surface area contributed by atoms with Gasteiger partial charge in [0.15, 0.2) is 5.76 Å². The van der Waals surface area contributed by atoms with Crippen molar-refractivity contribution in [1.29, 1.82) is 0 Å². The van der Waals surface area contributed by atoms with Crippen LogP contribution in [0, 0.1) is 17.0 Å². The van der Waals surface area contributed by atoms with E-state index >= 15 is 0 Å². The van der Waals surface area contributed by atoms with E-state index in [0.29, 0.717) is 17.2 Å². The summed E-state index contributed by atoms with van der Waals surface area (Å²) in [5, 5.41) is 10.6. The van der Waals surface area contributed by atoms with E-state index in [2.05, 4.69) is 4.98 Å². The minimum atomic E-state index is -0.433. The number of nitro benzene ring substituents is 1. The number of aryl methyl sites for hydroxylation is 1. The zero-order chi connectivity index (χ0) is 14.8. The van der Waals surface area contributed by atoms with Crippen molar-refractivity contribution in [3.63, 3.8) is 0 Å². The molecule has 1 aromatic heterocycles. The van der Waals surface area contributed by atoms with Crippen LogP contribution in [0.3, 0.4) is 0 Å². The third kappa shape index (κ3) is 2.67. The summed E-state index contributed by atoms with van der Waals surface area (Å²) < 4.78 is 5.71. The van der Waals surface area contributed by atoms with Crippen LogP contribution in [0.25, 0.3) is 22.8 Å². The van der Waals surface area contributed by atoms with E-state index in [9.17, 15) is 10.1 Å². The number of hydrogen-bond acceptors (Lipinski definition) is 4. The first-order chi connectivity index (χ1) is 10.1. The van der Waals surface area contributed by atoms with Gasteiger partial charge in [0, 0.05) is 23.3 Å². The molecule has 0 atom stereocenters. The van der Waals surface area contributed by atoms with Crippen molar-refractivity contribution in [1.82, 2.24) is 4.98 Å². The summed E-state index contributed by atoms with van der Waals surface area (Å²) in [6, 6.07) is 14.1. The molecule has 0 saturated carbocycles. The predicted octanol–water partition coefficient (Wildman–Crippen LogP) is 4.23. The molecule has 3 aromatic rings. The summed E-state index contributed by atoms with van der Waals surface area (Å²) in [5.41, 5.74) is 2.87. The molecule has 0 aliphatic carbocycles. The van der Waals surface area contributed by atoms with Crippen LogP contribution in [0.15, 0.2) is 59.1 Å². The van der Waals surface area contributed by atoms with E-state index in [-0.39, 0.29) is 5.69 Å². The van der Waals surface area contributed by atoms with E-state index in [1.54, 1.807) is 18.3 Å². The molecular formula is C16H12N2O3. The molecule has 3 rings (SSSR count). The molecule has 0 saturated heterocycles. The molecule has 0 fully saturated rings. The van der Waals surface area contributed by atoms with Crippen LogP contribution < -0.4 is 0 Å². The molecule has 5 nitrogen and oxygen atoms in total. The van der Waals surface area contributed by atoms with Crippen LogP contribution in [0.4, 0.5) is 5.69 Å². The molecule has 5 heteroatoms. The number of nitro groups is 1. The van der Waals surface area contributed by atoms with Crippen molar-refractivity contribution < 1.29 is 9.34 Å². The SMILES string of the molecule is Cc1ccc(-c2cnc(-c3ccc([N+](=O)[O-])cc3)o2)cc1. The lowest BCUT2D eigenvalue weighted by atomic mass is 10.1. The van der Waals surface area contributed by atoms with Gasteiger partial charge in [0.2, 0.25) is 5.89 Å².